The molecule has 0 saturated heterocycles. The number of hydrogen-bond donors (Lipinski definition) is 2. The number of methoxy groups -OCH3 is 2. The first kappa shape index (κ1) is 18.4. The summed E-state index contributed by atoms with van der Waals surface area (Å²) in [7, 11) is 3.17. The van der Waals surface area contributed by atoms with Gasteiger partial charge in [0, 0.05) is 5.69 Å². The maximum Gasteiger partial charge on any atom is 0.235 e. The third-order valence-corrected chi connectivity index (χ3v) is 4.22. The summed E-state index contributed by atoms with van der Waals surface area (Å²) in [6.45, 7) is 1.99. The molecule has 0 aliphatic heterocycles. The average Bonchev–Trinajstić information content (AvgIpc) is 3.22. The predicted octanol–water partition coefficient (Wildman–Crippen LogP) is 2.49. The van der Waals surface area contributed by atoms with Crippen LogP contribution in [-0.4, -0.2) is 40.8 Å². The van der Waals surface area contributed by atoms with Gasteiger partial charge in [0.1, 0.15) is 17.4 Å². The summed E-state index contributed by atoms with van der Waals surface area (Å²) < 4.78 is 10.7. The van der Waals surface area contributed by atoms with Crippen LogP contribution in [0.2, 0.25) is 0 Å². The number of carbonyl (C=O) groups is 1. The molecule has 0 radical (unpaired) electrons. The lowest BCUT2D eigenvalue weighted by atomic mass is 9.96. The summed E-state index contributed by atoms with van der Waals surface area (Å²) >= 11 is 0. The van der Waals surface area contributed by atoms with E-state index in [1.807, 2.05) is 37.3 Å². The van der Waals surface area contributed by atoms with Crippen LogP contribution in [-0.2, 0) is 11.2 Å². The van der Waals surface area contributed by atoms with Crippen molar-refractivity contribution >= 4 is 11.6 Å². The summed E-state index contributed by atoms with van der Waals surface area (Å²) in [5.74, 6) is 0.768. The number of hydrogen-bond acceptors (Lipinski definition) is 6. The van der Waals surface area contributed by atoms with Crippen LogP contribution in [0.25, 0.3) is 0 Å². The van der Waals surface area contributed by atoms with Crippen LogP contribution in [0.15, 0.2) is 42.5 Å². The normalized spacial score (nSPS) is 11.7. The molecule has 1 amide bonds. The minimum atomic E-state index is -0.647. The topological polar surface area (TPSA) is 102 Å². The van der Waals surface area contributed by atoms with Gasteiger partial charge in [-0.1, -0.05) is 22.9 Å². The number of tetrazole rings is 1. The molecule has 1 heterocycles. The largest absolute Gasteiger partial charge is 0.497 e. The number of benzene rings is 2. The van der Waals surface area contributed by atoms with Crippen molar-refractivity contribution in [3.05, 3.63) is 59.4 Å². The number of nitrogens with zero attached hydrogens (tertiary/aromatic N) is 3. The standard InChI is InChI=1S/C19H21N5O3/c1-12-4-6-14(7-5-12)20-19(25)16(18-21-23-24-22-18)11-13-10-15(26-2)8-9-17(13)27-3/h4-10,16H,11H2,1-3H3,(H,20,25)(H,21,22,23,24). The lowest BCUT2D eigenvalue weighted by Gasteiger charge is -2.16. The Hall–Kier alpha value is -3.42. The van der Waals surface area contributed by atoms with E-state index in [1.165, 1.54) is 0 Å². The fraction of sp³-hybridized carbons (Fsp3) is 0.263. The highest BCUT2D eigenvalue weighted by Gasteiger charge is 2.27. The molecule has 2 aromatic carbocycles. The van der Waals surface area contributed by atoms with E-state index in [4.69, 9.17) is 9.47 Å². The number of H-pyrrole nitrogens is 1. The quantitative estimate of drug-likeness (QED) is 0.665. The fourth-order valence-corrected chi connectivity index (χ4v) is 2.75. The Morgan fingerprint density at radius 3 is 2.56 bits per heavy atom. The van der Waals surface area contributed by atoms with Gasteiger partial charge in [0.2, 0.25) is 5.91 Å². The van der Waals surface area contributed by atoms with Crippen molar-refractivity contribution in [1.82, 2.24) is 20.6 Å². The first-order valence-corrected chi connectivity index (χ1v) is 8.42. The van der Waals surface area contributed by atoms with Crippen LogP contribution in [0.5, 0.6) is 11.5 Å². The Morgan fingerprint density at radius 2 is 1.93 bits per heavy atom. The molecule has 1 atom stereocenters. The third-order valence-electron chi connectivity index (χ3n) is 4.22. The summed E-state index contributed by atoms with van der Waals surface area (Å²) in [4.78, 5) is 12.9. The second-order valence-electron chi connectivity index (χ2n) is 6.06. The van der Waals surface area contributed by atoms with Crippen LogP contribution in [0.3, 0.4) is 0 Å². The van der Waals surface area contributed by atoms with Crippen LogP contribution in [0, 0.1) is 6.92 Å². The molecule has 140 valence electrons. The van der Waals surface area contributed by atoms with Gasteiger partial charge in [0.15, 0.2) is 5.82 Å². The number of amides is 1. The van der Waals surface area contributed by atoms with Crippen LogP contribution in [0.4, 0.5) is 5.69 Å². The van der Waals surface area contributed by atoms with Crippen LogP contribution in [0.1, 0.15) is 22.9 Å². The van der Waals surface area contributed by atoms with E-state index < -0.39 is 5.92 Å². The van der Waals surface area contributed by atoms with Crippen molar-refractivity contribution in [3.63, 3.8) is 0 Å². The van der Waals surface area contributed by atoms with Crippen molar-refractivity contribution in [3.8, 4) is 11.5 Å². The second-order valence-corrected chi connectivity index (χ2v) is 6.06. The molecule has 0 saturated carbocycles. The SMILES string of the molecule is COc1ccc(OC)c(CC(C(=O)Nc2ccc(C)cc2)c2nn[nH]n2)c1. The molecule has 0 spiro atoms. The van der Waals surface area contributed by atoms with Gasteiger partial charge in [-0.2, -0.15) is 5.21 Å². The average molecular weight is 367 g/mol. The fourth-order valence-electron chi connectivity index (χ4n) is 2.75. The Bertz CT molecular complexity index is 894. The molecule has 2 N–H and O–H groups in total. The van der Waals surface area contributed by atoms with E-state index in [1.54, 1.807) is 26.4 Å². The van der Waals surface area contributed by atoms with E-state index in [0.717, 1.165) is 11.1 Å². The highest BCUT2D eigenvalue weighted by molar-refractivity contribution is 5.95. The number of carbonyl (C=O) groups excluding carboxylic acids is 1. The number of anilines is 1. The second kappa shape index (κ2) is 8.31. The zero-order valence-electron chi connectivity index (χ0n) is 15.4. The van der Waals surface area contributed by atoms with E-state index in [-0.39, 0.29) is 5.91 Å². The van der Waals surface area contributed by atoms with Gasteiger partial charge in [-0.3, -0.25) is 4.79 Å². The Labute approximate surface area is 156 Å². The molecule has 0 aliphatic carbocycles. The van der Waals surface area contributed by atoms with Gasteiger partial charge in [0.05, 0.1) is 14.2 Å². The van der Waals surface area contributed by atoms with E-state index in [2.05, 4.69) is 25.9 Å². The lowest BCUT2D eigenvalue weighted by molar-refractivity contribution is -0.117. The Balaban J connectivity index is 1.88. The molecule has 0 fully saturated rings. The van der Waals surface area contributed by atoms with Gasteiger partial charge >= 0.3 is 0 Å². The third kappa shape index (κ3) is 4.41. The molecule has 0 aliphatic rings. The minimum absolute atomic E-state index is 0.231. The molecule has 8 nitrogen and oxygen atoms in total. The lowest BCUT2D eigenvalue weighted by Crippen LogP contribution is -2.24. The Morgan fingerprint density at radius 1 is 1.15 bits per heavy atom. The first-order chi connectivity index (χ1) is 13.1. The molecule has 8 heteroatoms. The molecular weight excluding hydrogens is 346 g/mol. The van der Waals surface area contributed by atoms with Crippen molar-refractivity contribution in [2.24, 2.45) is 0 Å². The van der Waals surface area contributed by atoms with Crippen molar-refractivity contribution < 1.29 is 14.3 Å². The molecule has 3 rings (SSSR count). The number of aromatic amines is 1. The molecular formula is C19H21N5O3. The number of rotatable bonds is 7. The van der Waals surface area contributed by atoms with E-state index >= 15 is 0 Å². The molecule has 27 heavy (non-hydrogen) atoms. The summed E-state index contributed by atoms with van der Waals surface area (Å²) in [5, 5.41) is 16.9. The maximum absolute atomic E-state index is 12.9. The highest BCUT2D eigenvalue weighted by atomic mass is 16.5. The summed E-state index contributed by atoms with van der Waals surface area (Å²) in [6.07, 6.45) is 0.331. The van der Waals surface area contributed by atoms with Crippen molar-refractivity contribution in [2.75, 3.05) is 19.5 Å². The van der Waals surface area contributed by atoms with Gasteiger partial charge < -0.3 is 14.8 Å². The minimum Gasteiger partial charge on any atom is -0.497 e. The molecule has 0 bridgehead atoms. The zero-order valence-corrected chi connectivity index (χ0v) is 15.4. The molecule has 3 aromatic rings. The van der Waals surface area contributed by atoms with Crippen LogP contribution < -0.4 is 14.8 Å². The zero-order chi connectivity index (χ0) is 19.2. The van der Waals surface area contributed by atoms with Crippen molar-refractivity contribution in [1.29, 1.82) is 0 Å². The molecule has 1 unspecified atom stereocenters. The maximum atomic E-state index is 12.9. The highest BCUT2D eigenvalue weighted by Crippen LogP contribution is 2.29. The number of nitrogens with one attached hydrogen (secondary N) is 2. The summed E-state index contributed by atoms with van der Waals surface area (Å²) in [6, 6.07) is 13.0. The van der Waals surface area contributed by atoms with Crippen LogP contribution >= 0.6 is 0 Å². The van der Waals surface area contributed by atoms with Gasteiger partial charge in [-0.15, -0.1) is 10.2 Å². The number of aromatic nitrogens is 4. The van der Waals surface area contributed by atoms with Gasteiger partial charge in [-0.05, 0) is 49.2 Å². The van der Waals surface area contributed by atoms with Gasteiger partial charge in [0.25, 0.3) is 0 Å². The molecule has 1 aromatic heterocycles. The van der Waals surface area contributed by atoms with E-state index in [0.29, 0.717) is 29.4 Å². The number of aryl methyl sites for hydroxylation is 1. The first-order valence-electron chi connectivity index (χ1n) is 8.42. The van der Waals surface area contributed by atoms with Crippen molar-refractivity contribution in [2.45, 2.75) is 19.3 Å². The summed E-state index contributed by atoms with van der Waals surface area (Å²) in [5.41, 5.74) is 2.63. The number of ether oxygens (including phenoxy) is 2. The monoisotopic (exact) mass is 367 g/mol. The Kier molecular flexibility index (Phi) is 5.65. The van der Waals surface area contributed by atoms with E-state index in [9.17, 15) is 4.79 Å². The smallest absolute Gasteiger partial charge is 0.235 e. The van der Waals surface area contributed by atoms with Gasteiger partial charge in [-0.25, -0.2) is 0 Å². The predicted molar refractivity (Wildman–Crippen MR) is 100.0 cm³/mol.